The van der Waals surface area contributed by atoms with E-state index in [1.54, 1.807) is 0 Å². The number of ether oxygens (including phenoxy) is 1. The Balaban J connectivity index is 1.28. The van der Waals surface area contributed by atoms with Crippen LogP contribution in [-0.2, 0) is 20.7 Å². The van der Waals surface area contributed by atoms with Gasteiger partial charge in [-0.15, -0.1) is 0 Å². The normalized spacial score (nSPS) is 17.5. The summed E-state index contributed by atoms with van der Waals surface area (Å²) in [5.74, 6) is 1.11. The number of benzene rings is 1. The first-order valence-electron chi connectivity index (χ1n) is 9.50. The van der Waals surface area contributed by atoms with Gasteiger partial charge in [0.05, 0.1) is 6.42 Å². The number of nitrogens with zero attached hydrogens (tertiary/aromatic N) is 1. The Bertz CT molecular complexity index is 805. The Morgan fingerprint density at radius 2 is 1.81 bits per heavy atom. The molecule has 2 heterocycles. The molecule has 0 bridgehead atoms. The molecule has 0 spiro atoms. The van der Waals surface area contributed by atoms with Gasteiger partial charge in [0.1, 0.15) is 0 Å². The SMILES string of the molecule is O=C(Cc1ccc(NC(=O)C2CC2)cc1)Nc1cc(C2CCOCC2)[nH]n1. The van der Waals surface area contributed by atoms with Crippen LogP contribution in [0.5, 0.6) is 0 Å². The fourth-order valence-electron chi connectivity index (χ4n) is 3.29. The predicted octanol–water partition coefficient (Wildman–Crippen LogP) is 2.83. The number of carbonyl (C=O) groups excluding carboxylic acids is 2. The van der Waals surface area contributed by atoms with Crippen molar-refractivity contribution in [2.24, 2.45) is 5.92 Å². The molecule has 7 nitrogen and oxygen atoms in total. The highest BCUT2D eigenvalue weighted by Crippen LogP contribution is 2.30. The third-order valence-electron chi connectivity index (χ3n) is 5.06. The topological polar surface area (TPSA) is 96.1 Å². The number of aromatic nitrogens is 2. The van der Waals surface area contributed by atoms with Crippen molar-refractivity contribution in [3.63, 3.8) is 0 Å². The van der Waals surface area contributed by atoms with Crippen LogP contribution in [-0.4, -0.2) is 35.2 Å². The lowest BCUT2D eigenvalue weighted by atomic mass is 9.97. The zero-order valence-electron chi connectivity index (χ0n) is 15.2. The average Bonchev–Trinajstić information content (AvgIpc) is 3.44. The second kappa shape index (κ2) is 7.92. The van der Waals surface area contributed by atoms with Crippen LogP contribution >= 0.6 is 0 Å². The van der Waals surface area contributed by atoms with Gasteiger partial charge in [0.15, 0.2) is 5.82 Å². The van der Waals surface area contributed by atoms with E-state index in [1.807, 2.05) is 30.3 Å². The standard InChI is InChI=1S/C20H24N4O3/c25-19(22-18-12-17(23-24-18)14-7-9-27-10-8-14)11-13-1-5-16(6-2-13)21-20(26)15-3-4-15/h1-2,5-6,12,14-15H,3-4,7-11H2,(H,21,26)(H2,22,23,24,25). The summed E-state index contributed by atoms with van der Waals surface area (Å²) in [6.07, 6.45) is 4.16. The molecule has 2 amide bonds. The summed E-state index contributed by atoms with van der Waals surface area (Å²) in [5.41, 5.74) is 2.70. The molecule has 3 N–H and O–H groups in total. The molecule has 2 aliphatic rings. The highest BCUT2D eigenvalue weighted by atomic mass is 16.5. The Morgan fingerprint density at radius 3 is 2.52 bits per heavy atom. The summed E-state index contributed by atoms with van der Waals surface area (Å²) >= 11 is 0. The minimum atomic E-state index is -0.116. The van der Waals surface area contributed by atoms with Crippen LogP contribution in [0.3, 0.4) is 0 Å². The number of hydrogen-bond acceptors (Lipinski definition) is 4. The minimum Gasteiger partial charge on any atom is -0.381 e. The van der Waals surface area contributed by atoms with Gasteiger partial charge < -0.3 is 15.4 Å². The predicted molar refractivity (Wildman–Crippen MR) is 102 cm³/mol. The fraction of sp³-hybridized carbons (Fsp3) is 0.450. The molecule has 1 aliphatic carbocycles. The van der Waals surface area contributed by atoms with Crippen molar-refractivity contribution in [3.05, 3.63) is 41.6 Å². The highest BCUT2D eigenvalue weighted by Gasteiger charge is 2.29. The van der Waals surface area contributed by atoms with Gasteiger partial charge in [0.2, 0.25) is 11.8 Å². The first-order valence-corrected chi connectivity index (χ1v) is 9.50. The largest absolute Gasteiger partial charge is 0.381 e. The van der Waals surface area contributed by atoms with Gasteiger partial charge in [-0.25, -0.2) is 0 Å². The summed E-state index contributed by atoms with van der Waals surface area (Å²) < 4.78 is 5.38. The van der Waals surface area contributed by atoms with Crippen molar-refractivity contribution in [2.75, 3.05) is 23.8 Å². The number of carbonyl (C=O) groups is 2. The van der Waals surface area contributed by atoms with E-state index in [1.165, 1.54) is 0 Å². The van der Waals surface area contributed by atoms with Crippen molar-refractivity contribution < 1.29 is 14.3 Å². The second-order valence-electron chi connectivity index (χ2n) is 7.28. The molecule has 0 atom stereocenters. The van der Waals surface area contributed by atoms with E-state index in [2.05, 4.69) is 20.8 Å². The van der Waals surface area contributed by atoms with E-state index < -0.39 is 0 Å². The number of H-pyrrole nitrogens is 1. The quantitative estimate of drug-likeness (QED) is 0.730. The van der Waals surface area contributed by atoms with Gasteiger partial charge >= 0.3 is 0 Å². The van der Waals surface area contributed by atoms with E-state index in [-0.39, 0.29) is 24.2 Å². The highest BCUT2D eigenvalue weighted by molar-refractivity contribution is 5.94. The molecule has 1 aliphatic heterocycles. The first kappa shape index (κ1) is 17.7. The summed E-state index contributed by atoms with van der Waals surface area (Å²) in [4.78, 5) is 24.0. The Labute approximate surface area is 157 Å². The maximum Gasteiger partial charge on any atom is 0.229 e. The molecule has 0 radical (unpaired) electrons. The Kier molecular flexibility index (Phi) is 5.20. The Morgan fingerprint density at radius 1 is 1.07 bits per heavy atom. The van der Waals surface area contributed by atoms with E-state index in [0.717, 1.165) is 55.8 Å². The summed E-state index contributed by atoms with van der Waals surface area (Å²) in [7, 11) is 0. The van der Waals surface area contributed by atoms with Gasteiger partial charge in [-0.2, -0.15) is 5.10 Å². The molecule has 2 fully saturated rings. The van der Waals surface area contributed by atoms with Crippen molar-refractivity contribution >= 4 is 23.3 Å². The van der Waals surface area contributed by atoms with E-state index in [9.17, 15) is 9.59 Å². The first-order chi connectivity index (χ1) is 13.2. The van der Waals surface area contributed by atoms with Crippen LogP contribution in [0.15, 0.2) is 30.3 Å². The number of amides is 2. The average molecular weight is 368 g/mol. The zero-order valence-corrected chi connectivity index (χ0v) is 15.2. The van der Waals surface area contributed by atoms with Gasteiger partial charge in [-0.05, 0) is 43.4 Å². The lowest BCUT2D eigenvalue weighted by Crippen LogP contribution is -2.15. The molecule has 142 valence electrons. The zero-order chi connectivity index (χ0) is 18.6. The molecule has 4 rings (SSSR count). The molecule has 0 unspecified atom stereocenters. The van der Waals surface area contributed by atoms with Crippen LogP contribution < -0.4 is 10.6 Å². The molecule has 27 heavy (non-hydrogen) atoms. The second-order valence-corrected chi connectivity index (χ2v) is 7.28. The van der Waals surface area contributed by atoms with Gasteiger partial charge in [0, 0.05) is 42.5 Å². The van der Waals surface area contributed by atoms with E-state index in [0.29, 0.717) is 11.7 Å². The maximum absolute atomic E-state index is 12.3. The summed E-state index contributed by atoms with van der Waals surface area (Å²) in [6.45, 7) is 1.53. The van der Waals surface area contributed by atoms with Crippen molar-refractivity contribution in [2.45, 2.75) is 38.0 Å². The molecule has 1 aromatic heterocycles. The smallest absolute Gasteiger partial charge is 0.229 e. The lowest BCUT2D eigenvalue weighted by molar-refractivity contribution is -0.117. The molecule has 1 saturated heterocycles. The van der Waals surface area contributed by atoms with Gasteiger partial charge in [-0.3, -0.25) is 14.7 Å². The third-order valence-corrected chi connectivity index (χ3v) is 5.06. The van der Waals surface area contributed by atoms with Crippen LogP contribution in [0, 0.1) is 5.92 Å². The van der Waals surface area contributed by atoms with E-state index >= 15 is 0 Å². The van der Waals surface area contributed by atoms with E-state index in [4.69, 9.17) is 4.74 Å². The van der Waals surface area contributed by atoms with Crippen molar-refractivity contribution in [1.82, 2.24) is 10.2 Å². The molecule has 7 heteroatoms. The molecular weight excluding hydrogens is 344 g/mol. The van der Waals surface area contributed by atoms with Crippen LogP contribution in [0.4, 0.5) is 11.5 Å². The molecule has 2 aromatic rings. The number of anilines is 2. The number of aromatic amines is 1. The van der Waals surface area contributed by atoms with Gasteiger partial charge in [-0.1, -0.05) is 12.1 Å². The van der Waals surface area contributed by atoms with Crippen LogP contribution in [0.2, 0.25) is 0 Å². The summed E-state index contributed by atoms with van der Waals surface area (Å²) in [6, 6.07) is 9.30. The Hall–Kier alpha value is -2.67. The van der Waals surface area contributed by atoms with Crippen molar-refractivity contribution in [3.8, 4) is 0 Å². The van der Waals surface area contributed by atoms with Crippen molar-refractivity contribution in [1.29, 1.82) is 0 Å². The lowest BCUT2D eigenvalue weighted by Gasteiger charge is -2.20. The molecular formula is C20H24N4O3. The number of hydrogen-bond donors (Lipinski definition) is 3. The summed E-state index contributed by atoms with van der Waals surface area (Å²) in [5, 5.41) is 13.0. The molecule has 1 aromatic carbocycles. The fourth-order valence-corrected chi connectivity index (χ4v) is 3.29. The minimum absolute atomic E-state index is 0.0827. The monoisotopic (exact) mass is 368 g/mol. The van der Waals surface area contributed by atoms with Crippen LogP contribution in [0.25, 0.3) is 0 Å². The maximum atomic E-state index is 12.3. The van der Waals surface area contributed by atoms with Gasteiger partial charge in [0.25, 0.3) is 0 Å². The number of rotatable bonds is 6. The van der Waals surface area contributed by atoms with Crippen LogP contribution in [0.1, 0.15) is 42.9 Å². The molecule has 1 saturated carbocycles. The number of nitrogens with one attached hydrogen (secondary N) is 3. The third kappa shape index (κ3) is 4.74.